The van der Waals surface area contributed by atoms with Gasteiger partial charge in [0.1, 0.15) is 0 Å². The number of amides is 4. The fourth-order valence-corrected chi connectivity index (χ4v) is 4.15. The van der Waals surface area contributed by atoms with Crippen LogP contribution in [0.15, 0.2) is 5.38 Å². The second kappa shape index (κ2) is 8.51. The molecule has 1 aromatic rings. The summed E-state index contributed by atoms with van der Waals surface area (Å²) >= 11 is 1.43. The lowest BCUT2D eigenvalue weighted by Gasteiger charge is -2.32. The van der Waals surface area contributed by atoms with E-state index < -0.39 is 0 Å². The highest BCUT2D eigenvalue weighted by atomic mass is 32.1. The molecule has 4 amide bonds. The van der Waals surface area contributed by atoms with Gasteiger partial charge in [0.15, 0.2) is 5.13 Å². The Morgan fingerprint density at radius 3 is 2.32 bits per heavy atom. The summed E-state index contributed by atoms with van der Waals surface area (Å²) in [6.07, 6.45) is 7.42. The number of thiazole rings is 1. The van der Waals surface area contributed by atoms with Crippen molar-refractivity contribution in [1.29, 1.82) is 0 Å². The van der Waals surface area contributed by atoms with Gasteiger partial charge in [0.25, 0.3) is 0 Å². The summed E-state index contributed by atoms with van der Waals surface area (Å²) in [5.41, 5.74) is 0.909. The Bertz CT molecular complexity index is 592. The van der Waals surface area contributed by atoms with E-state index in [4.69, 9.17) is 0 Å². The molecule has 0 spiro atoms. The monoisotopic (exact) mass is 365 g/mol. The van der Waals surface area contributed by atoms with E-state index in [2.05, 4.69) is 20.9 Å². The number of carbonyl (C=O) groups excluding carboxylic acids is 2. The summed E-state index contributed by atoms with van der Waals surface area (Å²) in [7, 11) is 0. The van der Waals surface area contributed by atoms with Gasteiger partial charge in [-0.2, -0.15) is 0 Å². The van der Waals surface area contributed by atoms with Crippen LogP contribution in [0.4, 0.5) is 14.7 Å². The number of piperidine rings is 1. The second-order valence-corrected chi connectivity index (χ2v) is 7.80. The Morgan fingerprint density at radius 2 is 1.72 bits per heavy atom. The normalized spacial score (nSPS) is 19.5. The SMILES string of the molecule is Cc1csc(NC(=O)N2CCC(NC(=O)NC3CCCCC3)CC2)n1. The van der Waals surface area contributed by atoms with E-state index in [9.17, 15) is 9.59 Å². The maximum absolute atomic E-state index is 12.3. The third-order valence-electron chi connectivity index (χ3n) is 4.89. The van der Waals surface area contributed by atoms with Crippen LogP contribution in [0, 0.1) is 6.92 Å². The molecule has 1 aliphatic carbocycles. The lowest BCUT2D eigenvalue weighted by molar-refractivity contribution is 0.186. The zero-order valence-electron chi connectivity index (χ0n) is 14.7. The summed E-state index contributed by atoms with van der Waals surface area (Å²) in [5, 5.41) is 11.5. The van der Waals surface area contributed by atoms with Gasteiger partial charge in [0.05, 0.1) is 5.69 Å². The predicted octanol–water partition coefficient (Wildman–Crippen LogP) is 3.08. The number of carbonyl (C=O) groups is 2. The van der Waals surface area contributed by atoms with Crippen LogP contribution in [0.2, 0.25) is 0 Å². The van der Waals surface area contributed by atoms with Crippen molar-refractivity contribution >= 4 is 28.5 Å². The van der Waals surface area contributed by atoms with Gasteiger partial charge in [0.2, 0.25) is 0 Å². The fourth-order valence-electron chi connectivity index (χ4n) is 3.47. The Kier molecular flexibility index (Phi) is 6.12. The molecule has 3 N–H and O–H groups in total. The quantitative estimate of drug-likeness (QED) is 0.769. The number of rotatable bonds is 3. The van der Waals surface area contributed by atoms with Crippen LogP contribution < -0.4 is 16.0 Å². The van der Waals surface area contributed by atoms with Crippen molar-refractivity contribution < 1.29 is 9.59 Å². The number of anilines is 1. The molecule has 0 bridgehead atoms. The number of hydrogen-bond donors (Lipinski definition) is 3. The number of nitrogens with zero attached hydrogens (tertiary/aromatic N) is 2. The molecular formula is C17H27N5O2S. The van der Waals surface area contributed by atoms with Gasteiger partial charge in [-0.3, -0.25) is 5.32 Å². The van der Waals surface area contributed by atoms with E-state index in [0.717, 1.165) is 31.4 Å². The van der Waals surface area contributed by atoms with E-state index in [1.165, 1.54) is 30.6 Å². The van der Waals surface area contributed by atoms with E-state index in [0.29, 0.717) is 24.3 Å². The van der Waals surface area contributed by atoms with Crippen LogP contribution in [-0.4, -0.2) is 47.1 Å². The minimum absolute atomic E-state index is 0.0620. The Balaban J connectivity index is 1.37. The third-order valence-corrected chi connectivity index (χ3v) is 5.77. The molecule has 2 fully saturated rings. The molecule has 0 atom stereocenters. The average Bonchev–Trinajstić information content (AvgIpc) is 3.01. The highest BCUT2D eigenvalue weighted by molar-refractivity contribution is 7.13. The topological polar surface area (TPSA) is 86.4 Å². The minimum Gasteiger partial charge on any atom is -0.335 e. The molecule has 3 rings (SSSR count). The van der Waals surface area contributed by atoms with Crippen molar-refractivity contribution in [3.63, 3.8) is 0 Å². The summed E-state index contributed by atoms with van der Waals surface area (Å²) < 4.78 is 0. The van der Waals surface area contributed by atoms with Crippen molar-refractivity contribution in [2.24, 2.45) is 0 Å². The lowest BCUT2D eigenvalue weighted by Crippen LogP contribution is -2.51. The Labute approximate surface area is 152 Å². The largest absolute Gasteiger partial charge is 0.335 e. The zero-order chi connectivity index (χ0) is 17.6. The molecule has 0 aromatic carbocycles. The first-order chi connectivity index (χ1) is 12.1. The van der Waals surface area contributed by atoms with Gasteiger partial charge in [-0.1, -0.05) is 19.3 Å². The molecule has 25 heavy (non-hydrogen) atoms. The van der Waals surface area contributed by atoms with Crippen LogP contribution in [0.5, 0.6) is 0 Å². The third kappa shape index (κ3) is 5.32. The maximum Gasteiger partial charge on any atom is 0.323 e. The lowest BCUT2D eigenvalue weighted by atomic mass is 9.96. The Morgan fingerprint density at radius 1 is 1.08 bits per heavy atom. The van der Waals surface area contributed by atoms with Gasteiger partial charge in [-0.05, 0) is 32.6 Å². The summed E-state index contributed by atoms with van der Waals surface area (Å²) in [6, 6.07) is 0.281. The minimum atomic E-state index is -0.112. The molecule has 8 heteroatoms. The molecule has 1 aromatic heterocycles. The van der Waals surface area contributed by atoms with Crippen molar-refractivity contribution in [1.82, 2.24) is 20.5 Å². The van der Waals surface area contributed by atoms with E-state index in [1.54, 1.807) is 4.90 Å². The van der Waals surface area contributed by atoms with Crippen LogP contribution in [0.1, 0.15) is 50.6 Å². The number of nitrogens with one attached hydrogen (secondary N) is 3. The molecule has 0 unspecified atom stereocenters. The maximum atomic E-state index is 12.3. The van der Waals surface area contributed by atoms with Crippen molar-refractivity contribution in [2.45, 2.75) is 64.0 Å². The van der Waals surface area contributed by atoms with Gasteiger partial charge in [-0.15, -0.1) is 11.3 Å². The molecule has 7 nitrogen and oxygen atoms in total. The van der Waals surface area contributed by atoms with Gasteiger partial charge < -0.3 is 15.5 Å². The Hall–Kier alpha value is -1.83. The average molecular weight is 366 g/mol. The molecule has 1 saturated carbocycles. The van der Waals surface area contributed by atoms with Gasteiger partial charge in [0, 0.05) is 30.6 Å². The highest BCUT2D eigenvalue weighted by Gasteiger charge is 2.25. The van der Waals surface area contributed by atoms with Crippen LogP contribution in [-0.2, 0) is 0 Å². The van der Waals surface area contributed by atoms with E-state index >= 15 is 0 Å². The van der Waals surface area contributed by atoms with Crippen molar-refractivity contribution in [3.05, 3.63) is 11.1 Å². The first-order valence-corrected chi connectivity index (χ1v) is 10.0. The summed E-state index contributed by atoms with van der Waals surface area (Å²) in [4.78, 5) is 30.4. The molecule has 0 radical (unpaired) electrons. The number of aromatic nitrogens is 1. The number of likely N-dealkylation sites (tertiary alicyclic amines) is 1. The standard InChI is InChI=1S/C17H27N5O2S/c1-12-11-25-16(18-12)21-17(24)22-9-7-14(8-10-22)20-15(23)19-13-5-3-2-4-6-13/h11,13-14H,2-10H2,1H3,(H,18,21,24)(H2,19,20,23). The first-order valence-electron chi connectivity index (χ1n) is 9.15. The van der Waals surface area contributed by atoms with Crippen LogP contribution in [0.3, 0.4) is 0 Å². The van der Waals surface area contributed by atoms with E-state index in [-0.39, 0.29) is 18.1 Å². The van der Waals surface area contributed by atoms with Crippen molar-refractivity contribution in [3.8, 4) is 0 Å². The molecule has 2 aliphatic rings. The molecule has 1 saturated heterocycles. The van der Waals surface area contributed by atoms with Crippen molar-refractivity contribution in [2.75, 3.05) is 18.4 Å². The van der Waals surface area contributed by atoms with Gasteiger partial charge in [-0.25, -0.2) is 14.6 Å². The molecule has 138 valence electrons. The van der Waals surface area contributed by atoms with E-state index in [1.807, 2.05) is 12.3 Å². The predicted molar refractivity (Wildman–Crippen MR) is 99.0 cm³/mol. The fraction of sp³-hybridized carbons (Fsp3) is 0.706. The summed E-state index contributed by atoms with van der Waals surface area (Å²) in [5.74, 6) is 0. The zero-order valence-corrected chi connectivity index (χ0v) is 15.5. The summed E-state index contributed by atoms with van der Waals surface area (Å²) in [6.45, 7) is 3.19. The number of aryl methyl sites for hydroxylation is 1. The van der Waals surface area contributed by atoms with Crippen LogP contribution in [0.25, 0.3) is 0 Å². The molecule has 2 heterocycles. The molecular weight excluding hydrogens is 338 g/mol. The second-order valence-electron chi connectivity index (χ2n) is 6.94. The smallest absolute Gasteiger partial charge is 0.323 e. The molecule has 1 aliphatic heterocycles. The van der Waals surface area contributed by atoms with Gasteiger partial charge >= 0.3 is 12.1 Å². The number of hydrogen-bond acceptors (Lipinski definition) is 4. The highest BCUT2D eigenvalue weighted by Crippen LogP contribution is 2.18. The number of urea groups is 2. The van der Waals surface area contributed by atoms with Crippen LogP contribution >= 0.6 is 11.3 Å². The first kappa shape index (κ1) is 18.0.